The molecule has 0 aliphatic carbocycles. The molecule has 0 spiro atoms. The summed E-state index contributed by atoms with van der Waals surface area (Å²) < 4.78 is 54.6. The molecule has 0 fully saturated rings. The molecule has 0 saturated carbocycles. The summed E-state index contributed by atoms with van der Waals surface area (Å²) >= 11 is 0.829. The highest BCUT2D eigenvalue weighted by atomic mass is 32.2. The second-order valence-corrected chi connectivity index (χ2v) is 7.81. The van der Waals surface area contributed by atoms with Crippen LogP contribution in [-0.4, -0.2) is 42.1 Å². The number of aromatic hydroxyl groups is 1. The largest absolute Gasteiger partial charge is 0.507 e. The molecule has 3 rings (SSSR count). The summed E-state index contributed by atoms with van der Waals surface area (Å²) in [4.78, 5) is 16.8. The fourth-order valence-corrected chi connectivity index (χ4v) is 4.03. The number of carbonyl (C=O) groups is 1. The minimum Gasteiger partial charge on any atom is -0.507 e. The molecule has 1 aliphatic heterocycles. The van der Waals surface area contributed by atoms with Gasteiger partial charge in [-0.2, -0.15) is 13.2 Å². The van der Waals surface area contributed by atoms with Gasteiger partial charge < -0.3 is 24.4 Å². The number of ether oxygens (including phenoxy) is 3. The van der Waals surface area contributed by atoms with Crippen molar-refractivity contribution in [3.05, 3.63) is 63.8 Å². The third-order valence-electron chi connectivity index (χ3n) is 4.60. The maximum absolute atomic E-state index is 13.1. The number of aliphatic hydroxyl groups excluding tert-OH is 1. The van der Waals surface area contributed by atoms with Crippen molar-refractivity contribution in [2.75, 3.05) is 20.8 Å². The van der Waals surface area contributed by atoms with Gasteiger partial charge in [0.05, 0.1) is 42.5 Å². The van der Waals surface area contributed by atoms with Crippen LogP contribution in [0, 0.1) is 0 Å². The molecule has 1 heterocycles. The van der Waals surface area contributed by atoms with Crippen molar-refractivity contribution < 1.29 is 42.4 Å². The van der Waals surface area contributed by atoms with Gasteiger partial charge in [0.15, 0.2) is 0 Å². The number of phenols is 1. The van der Waals surface area contributed by atoms with Crippen LogP contribution in [0.15, 0.2) is 57.6 Å². The number of methoxy groups -OCH3 is 2. The van der Waals surface area contributed by atoms with E-state index in [9.17, 15) is 28.2 Å². The Morgan fingerprint density at radius 1 is 1.15 bits per heavy atom. The Kier molecular flexibility index (Phi) is 7.45. The standard InChI is InChI=1S/C23H20F3NO6S/c1-4-33-22(30)19-20(29)18(11-15-16(28)9-14(31-2)10-17(15)32-3)34-21(19)27-13-7-5-6-12(8-13)23(24,25)26/h5-11,28-29H,4H2,1-3H3/b18-11+,27-21?. The lowest BCUT2D eigenvalue weighted by atomic mass is 10.1. The highest BCUT2D eigenvalue weighted by molar-refractivity contribution is 8.18. The highest BCUT2D eigenvalue weighted by Gasteiger charge is 2.34. The Morgan fingerprint density at radius 3 is 2.50 bits per heavy atom. The molecule has 2 aromatic carbocycles. The van der Waals surface area contributed by atoms with Crippen molar-refractivity contribution in [1.82, 2.24) is 0 Å². The number of benzene rings is 2. The second-order valence-electron chi connectivity index (χ2n) is 6.78. The van der Waals surface area contributed by atoms with Crippen molar-refractivity contribution in [2.24, 2.45) is 4.99 Å². The average molecular weight is 495 g/mol. The van der Waals surface area contributed by atoms with Gasteiger partial charge in [-0.25, -0.2) is 9.79 Å². The lowest BCUT2D eigenvalue weighted by molar-refractivity contribution is -0.138. The van der Waals surface area contributed by atoms with E-state index in [1.165, 1.54) is 44.6 Å². The van der Waals surface area contributed by atoms with E-state index in [1.807, 2.05) is 0 Å². The van der Waals surface area contributed by atoms with Crippen LogP contribution in [0.5, 0.6) is 17.2 Å². The monoisotopic (exact) mass is 495 g/mol. The fourth-order valence-electron chi connectivity index (χ4n) is 3.01. The van der Waals surface area contributed by atoms with Crippen molar-refractivity contribution in [3.8, 4) is 17.2 Å². The molecule has 11 heteroatoms. The maximum Gasteiger partial charge on any atom is 0.416 e. The smallest absolute Gasteiger partial charge is 0.416 e. The van der Waals surface area contributed by atoms with Crippen molar-refractivity contribution in [1.29, 1.82) is 0 Å². The minimum atomic E-state index is -4.57. The first-order chi connectivity index (χ1) is 16.1. The van der Waals surface area contributed by atoms with Crippen molar-refractivity contribution in [2.45, 2.75) is 13.1 Å². The zero-order valence-electron chi connectivity index (χ0n) is 18.3. The molecule has 2 N–H and O–H groups in total. The number of hydrogen-bond donors (Lipinski definition) is 2. The first-order valence-corrected chi connectivity index (χ1v) is 10.6. The molecule has 7 nitrogen and oxygen atoms in total. The fraction of sp³-hybridized carbons (Fsp3) is 0.217. The van der Waals surface area contributed by atoms with Gasteiger partial charge in [0.2, 0.25) is 0 Å². The summed E-state index contributed by atoms with van der Waals surface area (Å²) in [6.45, 7) is 1.57. The third kappa shape index (κ3) is 5.30. The van der Waals surface area contributed by atoms with Gasteiger partial charge in [0.1, 0.15) is 33.6 Å². The van der Waals surface area contributed by atoms with E-state index in [-0.39, 0.29) is 44.9 Å². The normalized spacial score (nSPS) is 16.3. The number of hydrogen-bond acceptors (Lipinski definition) is 8. The average Bonchev–Trinajstić information content (AvgIpc) is 3.09. The molecule has 0 atom stereocenters. The Balaban J connectivity index is 2.12. The third-order valence-corrected chi connectivity index (χ3v) is 5.62. The molecule has 0 bridgehead atoms. The number of esters is 1. The van der Waals surface area contributed by atoms with Gasteiger partial charge in [0, 0.05) is 12.1 Å². The van der Waals surface area contributed by atoms with Crippen LogP contribution in [0.1, 0.15) is 18.1 Å². The summed E-state index contributed by atoms with van der Waals surface area (Å²) in [5.74, 6) is -1.06. The molecular weight excluding hydrogens is 475 g/mol. The topological polar surface area (TPSA) is 97.6 Å². The van der Waals surface area contributed by atoms with E-state index in [1.54, 1.807) is 6.92 Å². The van der Waals surface area contributed by atoms with E-state index in [0.29, 0.717) is 5.75 Å². The lowest BCUT2D eigenvalue weighted by Crippen LogP contribution is -2.13. The predicted molar refractivity (Wildman–Crippen MR) is 122 cm³/mol. The van der Waals surface area contributed by atoms with Crippen LogP contribution >= 0.6 is 11.8 Å². The lowest BCUT2D eigenvalue weighted by Gasteiger charge is -2.10. The first kappa shape index (κ1) is 25.0. The predicted octanol–water partition coefficient (Wildman–Crippen LogP) is 5.62. The second kappa shape index (κ2) is 10.1. The molecule has 1 aliphatic rings. The van der Waals surface area contributed by atoms with Crippen LogP contribution in [0.2, 0.25) is 0 Å². The van der Waals surface area contributed by atoms with Crippen LogP contribution in [0.4, 0.5) is 18.9 Å². The number of aliphatic imine (C=N–C) groups is 1. The summed E-state index contributed by atoms with van der Waals surface area (Å²) in [6, 6.07) is 7.09. The summed E-state index contributed by atoms with van der Waals surface area (Å²) in [5, 5.41) is 21.1. The minimum absolute atomic E-state index is 0.00323. The van der Waals surface area contributed by atoms with Crippen molar-refractivity contribution >= 4 is 34.5 Å². The van der Waals surface area contributed by atoms with Crippen molar-refractivity contribution in [3.63, 3.8) is 0 Å². The SMILES string of the molecule is CCOC(=O)C1=C(O)/C(=C\c2c(O)cc(OC)cc2OC)SC1=Nc1cccc(C(F)(F)F)c1. The Bertz CT molecular complexity index is 1200. The zero-order chi connectivity index (χ0) is 25.0. The number of thioether (sulfide) groups is 1. The van der Waals surface area contributed by atoms with Crippen LogP contribution in [0.3, 0.4) is 0 Å². The van der Waals surface area contributed by atoms with Gasteiger partial charge in [-0.15, -0.1) is 0 Å². The van der Waals surface area contributed by atoms with E-state index >= 15 is 0 Å². The van der Waals surface area contributed by atoms with Gasteiger partial charge >= 0.3 is 12.1 Å². The number of carbonyl (C=O) groups excluding carboxylic acids is 1. The van der Waals surface area contributed by atoms with Crippen LogP contribution in [-0.2, 0) is 15.7 Å². The zero-order valence-corrected chi connectivity index (χ0v) is 19.1. The van der Waals surface area contributed by atoms with Gasteiger partial charge in [0.25, 0.3) is 0 Å². The molecule has 0 aromatic heterocycles. The quantitative estimate of drug-likeness (QED) is 0.502. The summed E-state index contributed by atoms with van der Waals surface area (Å²) in [7, 11) is 2.79. The Labute approximate surface area is 197 Å². The van der Waals surface area contributed by atoms with Crippen LogP contribution in [0.25, 0.3) is 6.08 Å². The van der Waals surface area contributed by atoms with Gasteiger partial charge in [-0.05, 0) is 31.2 Å². The molecule has 0 unspecified atom stereocenters. The number of rotatable bonds is 6. The molecular formula is C23H20F3NO6S. The van der Waals surface area contributed by atoms with E-state index in [4.69, 9.17) is 14.2 Å². The van der Waals surface area contributed by atoms with E-state index < -0.39 is 23.5 Å². The molecule has 0 radical (unpaired) electrons. The number of aliphatic hydroxyl groups is 1. The molecule has 0 saturated heterocycles. The number of halogens is 3. The molecule has 2 aromatic rings. The maximum atomic E-state index is 13.1. The first-order valence-electron chi connectivity index (χ1n) is 9.80. The molecule has 180 valence electrons. The van der Waals surface area contributed by atoms with Gasteiger partial charge in [-0.1, -0.05) is 17.8 Å². The summed E-state index contributed by atoms with van der Waals surface area (Å²) in [6.07, 6.45) is -3.21. The number of nitrogens with zero attached hydrogens (tertiary/aromatic N) is 1. The number of phenolic OH excluding ortho intramolecular Hbond substituents is 1. The Morgan fingerprint density at radius 2 is 1.88 bits per heavy atom. The van der Waals surface area contributed by atoms with Crippen LogP contribution < -0.4 is 9.47 Å². The summed E-state index contributed by atoms with van der Waals surface area (Å²) in [5.41, 5.74) is -1.10. The molecule has 34 heavy (non-hydrogen) atoms. The van der Waals surface area contributed by atoms with E-state index in [2.05, 4.69) is 4.99 Å². The highest BCUT2D eigenvalue weighted by Crippen LogP contribution is 2.43. The Hall–Kier alpha value is -3.60. The van der Waals surface area contributed by atoms with E-state index in [0.717, 1.165) is 23.9 Å². The number of alkyl halides is 3. The van der Waals surface area contributed by atoms with Gasteiger partial charge in [-0.3, -0.25) is 0 Å². The molecule has 0 amide bonds.